The van der Waals surface area contributed by atoms with Crippen molar-refractivity contribution in [3.05, 3.63) is 65.0 Å². The van der Waals surface area contributed by atoms with Crippen molar-refractivity contribution in [2.45, 2.75) is 13.0 Å². The Hall–Kier alpha value is -2.79. The van der Waals surface area contributed by atoms with E-state index >= 15 is 0 Å². The lowest BCUT2D eigenvalue weighted by Crippen LogP contribution is -2.22. The number of halogens is 1. The number of para-hydroxylation sites is 2. The van der Waals surface area contributed by atoms with Gasteiger partial charge in [0.05, 0.1) is 17.6 Å². The molecule has 0 atom stereocenters. The van der Waals surface area contributed by atoms with E-state index in [9.17, 15) is 9.90 Å². The first-order valence-electron chi connectivity index (χ1n) is 7.47. The second-order valence-electron chi connectivity index (χ2n) is 5.29. The van der Waals surface area contributed by atoms with Gasteiger partial charge in [0.1, 0.15) is 11.6 Å². The molecule has 0 spiro atoms. The van der Waals surface area contributed by atoms with Crippen molar-refractivity contribution in [1.29, 1.82) is 0 Å². The average Bonchev–Trinajstić information content (AvgIpc) is 2.98. The summed E-state index contributed by atoms with van der Waals surface area (Å²) in [6.45, 7) is 0.341. The van der Waals surface area contributed by atoms with E-state index in [-0.39, 0.29) is 18.1 Å². The SMILES string of the molecule is O=C(C/C=C/c1ccc(Cl)cc1O)NCc1nc2ccccc2[nH]1. The van der Waals surface area contributed by atoms with Crippen LogP contribution in [0.5, 0.6) is 5.75 Å². The predicted octanol–water partition coefficient (Wildman–Crippen LogP) is 3.64. The molecule has 6 heteroatoms. The van der Waals surface area contributed by atoms with Crippen LogP contribution in [0.1, 0.15) is 17.8 Å². The van der Waals surface area contributed by atoms with Gasteiger partial charge in [-0.05, 0) is 30.3 Å². The standard InChI is InChI=1S/C18H16ClN3O2/c19-13-9-8-12(16(23)10-13)4-3-7-18(24)20-11-17-21-14-5-1-2-6-15(14)22-17/h1-6,8-10,23H,7,11H2,(H,20,24)(H,21,22)/b4-3+. The molecule has 3 aromatic rings. The molecule has 0 unspecified atom stereocenters. The molecule has 0 saturated heterocycles. The van der Waals surface area contributed by atoms with Crippen molar-refractivity contribution in [1.82, 2.24) is 15.3 Å². The third-order valence-corrected chi connectivity index (χ3v) is 3.72. The Bertz CT molecular complexity index is 869. The van der Waals surface area contributed by atoms with Gasteiger partial charge in [-0.15, -0.1) is 0 Å². The highest BCUT2D eigenvalue weighted by Crippen LogP contribution is 2.23. The molecular weight excluding hydrogens is 326 g/mol. The van der Waals surface area contributed by atoms with Gasteiger partial charge >= 0.3 is 0 Å². The number of nitrogens with zero attached hydrogens (tertiary/aromatic N) is 1. The lowest BCUT2D eigenvalue weighted by molar-refractivity contribution is -0.120. The molecule has 5 nitrogen and oxygen atoms in total. The second-order valence-corrected chi connectivity index (χ2v) is 5.72. The first-order chi connectivity index (χ1) is 11.6. The lowest BCUT2D eigenvalue weighted by atomic mass is 10.2. The number of carbonyl (C=O) groups excluding carboxylic acids is 1. The molecule has 1 aromatic heterocycles. The maximum absolute atomic E-state index is 11.9. The van der Waals surface area contributed by atoms with Crippen molar-refractivity contribution in [2.75, 3.05) is 0 Å². The van der Waals surface area contributed by atoms with Crippen molar-refractivity contribution in [2.24, 2.45) is 0 Å². The summed E-state index contributed by atoms with van der Waals surface area (Å²) in [7, 11) is 0. The molecular formula is C18H16ClN3O2. The third-order valence-electron chi connectivity index (χ3n) is 3.48. The van der Waals surface area contributed by atoms with Gasteiger partial charge in [0, 0.05) is 17.0 Å². The molecule has 1 amide bonds. The number of rotatable bonds is 5. The molecule has 24 heavy (non-hydrogen) atoms. The number of amides is 1. The van der Waals surface area contributed by atoms with Crippen LogP contribution in [-0.4, -0.2) is 21.0 Å². The van der Waals surface area contributed by atoms with Crippen LogP contribution in [0.4, 0.5) is 0 Å². The third kappa shape index (κ3) is 3.94. The Morgan fingerprint density at radius 3 is 2.92 bits per heavy atom. The number of aromatic amines is 1. The lowest BCUT2D eigenvalue weighted by Gasteiger charge is -2.01. The number of nitrogens with one attached hydrogen (secondary N) is 2. The monoisotopic (exact) mass is 341 g/mol. The van der Waals surface area contributed by atoms with E-state index in [2.05, 4.69) is 15.3 Å². The van der Waals surface area contributed by atoms with Crippen LogP contribution >= 0.6 is 11.6 Å². The number of imidazole rings is 1. The predicted molar refractivity (Wildman–Crippen MR) is 94.7 cm³/mol. The summed E-state index contributed by atoms with van der Waals surface area (Å²) >= 11 is 5.77. The van der Waals surface area contributed by atoms with Crippen LogP contribution < -0.4 is 5.32 Å². The number of phenolic OH excluding ortho intramolecular Hbond substituents is 1. The van der Waals surface area contributed by atoms with Crippen molar-refractivity contribution in [3.63, 3.8) is 0 Å². The zero-order valence-corrected chi connectivity index (χ0v) is 13.5. The minimum Gasteiger partial charge on any atom is -0.507 e. The molecule has 0 aliphatic rings. The summed E-state index contributed by atoms with van der Waals surface area (Å²) < 4.78 is 0. The van der Waals surface area contributed by atoms with Gasteiger partial charge in [-0.25, -0.2) is 4.98 Å². The largest absolute Gasteiger partial charge is 0.507 e. The molecule has 0 radical (unpaired) electrons. The van der Waals surface area contributed by atoms with Gasteiger partial charge in [0.15, 0.2) is 0 Å². The summed E-state index contributed by atoms with van der Waals surface area (Å²) in [6.07, 6.45) is 3.59. The fourth-order valence-electron chi connectivity index (χ4n) is 2.29. The average molecular weight is 342 g/mol. The Morgan fingerprint density at radius 1 is 1.29 bits per heavy atom. The van der Waals surface area contributed by atoms with Gasteiger partial charge in [-0.1, -0.05) is 35.9 Å². The van der Waals surface area contributed by atoms with Gasteiger partial charge in [-0.2, -0.15) is 0 Å². The van der Waals surface area contributed by atoms with Gasteiger partial charge in [-0.3, -0.25) is 4.79 Å². The fourth-order valence-corrected chi connectivity index (χ4v) is 2.46. The zero-order chi connectivity index (χ0) is 16.9. The molecule has 0 bridgehead atoms. The molecule has 3 rings (SSSR count). The number of H-pyrrole nitrogens is 1. The van der Waals surface area contributed by atoms with Crippen molar-refractivity contribution >= 4 is 34.6 Å². The second kappa shape index (κ2) is 7.19. The van der Waals surface area contributed by atoms with Crippen LogP contribution in [0, 0.1) is 0 Å². The number of aromatic hydroxyl groups is 1. The number of phenols is 1. The van der Waals surface area contributed by atoms with Gasteiger partial charge in [0.25, 0.3) is 0 Å². The Labute approximate surface area is 144 Å². The van der Waals surface area contributed by atoms with E-state index in [4.69, 9.17) is 11.6 Å². The molecule has 3 N–H and O–H groups in total. The Kier molecular flexibility index (Phi) is 4.82. The van der Waals surface area contributed by atoms with E-state index in [1.807, 2.05) is 24.3 Å². The number of fused-ring (bicyclic) bond motifs is 1. The van der Waals surface area contributed by atoms with Crippen LogP contribution in [0.15, 0.2) is 48.5 Å². The summed E-state index contributed by atoms with van der Waals surface area (Å²) in [6, 6.07) is 12.5. The van der Waals surface area contributed by atoms with E-state index in [0.717, 1.165) is 11.0 Å². The first kappa shape index (κ1) is 16.1. The number of hydrogen-bond acceptors (Lipinski definition) is 3. The summed E-state index contributed by atoms with van der Waals surface area (Å²) in [5, 5.41) is 13.0. The number of carbonyl (C=O) groups is 1. The van der Waals surface area contributed by atoms with Crippen LogP contribution in [0.25, 0.3) is 17.1 Å². The van der Waals surface area contributed by atoms with Crippen LogP contribution in [0.2, 0.25) is 5.02 Å². The number of hydrogen-bond donors (Lipinski definition) is 3. The van der Waals surface area contributed by atoms with E-state index < -0.39 is 0 Å². The maximum Gasteiger partial charge on any atom is 0.224 e. The highest BCUT2D eigenvalue weighted by Gasteiger charge is 2.04. The first-order valence-corrected chi connectivity index (χ1v) is 7.85. The highest BCUT2D eigenvalue weighted by molar-refractivity contribution is 6.30. The van der Waals surface area contributed by atoms with Crippen molar-refractivity contribution in [3.8, 4) is 5.75 Å². The minimum atomic E-state index is -0.125. The molecule has 0 aliphatic carbocycles. The summed E-state index contributed by atoms with van der Waals surface area (Å²) in [5.41, 5.74) is 2.43. The minimum absolute atomic E-state index is 0.0847. The Morgan fingerprint density at radius 2 is 2.12 bits per heavy atom. The highest BCUT2D eigenvalue weighted by atomic mass is 35.5. The zero-order valence-electron chi connectivity index (χ0n) is 12.8. The molecule has 0 saturated carbocycles. The number of aromatic nitrogens is 2. The van der Waals surface area contributed by atoms with Gasteiger partial charge in [0.2, 0.25) is 5.91 Å². The van der Waals surface area contributed by atoms with E-state index in [1.54, 1.807) is 24.3 Å². The molecule has 2 aromatic carbocycles. The van der Waals surface area contributed by atoms with Crippen molar-refractivity contribution < 1.29 is 9.90 Å². The quantitative estimate of drug-likeness (QED) is 0.663. The summed E-state index contributed by atoms with van der Waals surface area (Å²) in [4.78, 5) is 19.4. The number of benzene rings is 2. The van der Waals surface area contributed by atoms with Crippen LogP contribution in [-0.2, 0) is 11.3 Å². The molecule has 122 valence electrons. The summed E-state index contributed by atoms with van der Waals surface area (Å²) in [5.74, 6) is 0.672. The smallest absolute Gasteiger partial charge is 0.224 e. The Balaban J connectivity index is 1.53. The normalized spacial score (nSPS) is 11.2. The molecule has 0 aliphatic heterocycles. The van der Waals surface area contributed by atoms with E-state index in [0.29, 0.717) is 23.0 Å². The molecule has 1 heterocycles. The maximum atomic E-state index is 11.9. The van der Waals surface area contributed by atoms with Gasteiger partial charge < -0.3 is 15.4 Å². The van der Waals surface area contributed by atoms with E-state index in [1.165, 1.54) is 6.07 Å². The topological polar surface area (TPSA) is 78.0 Å². The van der Waals surface area contributed by atoms with Crippen LogP contribution in [0.3, 0.4) is 0 Å². The molecule has 0 fully saturated rings. The fraction of sp³-hybridized carbons (Fsp3) is 0.111.